The van der Waals surface area contributed by atoms with Crippen LogP contribution in [0.25, 0.3) is 21.6 Å². The fourth-order valence-electron chi connectivity index (χ4n) is 6.88. The van der Waals surface area contributed by atoms with Crippen LogP contribution in [0.15, 0.2) is 53.9 Å². The third-order valence-electron chi connectivity index (χ3n) is 11.0. The molecule has 0 spiro atoms. The SMILES string of the molecule is CCCCC/C=C\[C@@H]1C[C@@H]1C(=O)NSC1(C)CC1.COc1ccc2c(OC)cc(-c3nc(C(C)C)cs3)nc2c1C.NC(=O)[C@@H]1CCCN1C(=O)CNc1cc(F)cc(F)c1. The Morgan fingerprint density at radius 3 is 2.41 bits per heavy atom. The number of anilines is 1. The van der Waals surface area contributed by atoms with Gasteiger partial charge in [0.15, 0.2) is 0 Å². The van der Waals surface area contributed by atoms with Crippen LogP contribution in [-0.4, -0.2) is 70.7 Å². The van der Waals surface area contributed by atoms with E-state index in [1.807, 2.05) is 25.1 Å². The number of unbranched alkanes of at least 4 members (excludes halogenated alkanes) is 3. The molecule has 61 heavy (non-hydrogen) atoms. The summed E-state index contributed by atoms with van der Waals surface area (Å²) in [6, 6.07) is 8.22. The second-order valence-corrected chi connectivity index (χ2v) is 18.6. The van der Waals surface area contributed by atoms with Crippen molar-refractivity contribution in [2.24, 2.45) is 17.6 Å². The van der Waals surface area contributed by atoms with Gasteiger partial charge in [-0.2, -0.15) is 0 Å². The molecule has 3 amide bonds. The quantitative estimate of drug-likeness (QED) is 0.0568. The van der Waals surface area contributed by atoms with Crippen LogP contribution < -0.4 is 25.2 Å². The standard InChI is InChI=1S/C18H20N2O2S.C15H25NOS.C13H15F2N3O2/c1-10(2)14-9-23-18(20-14)13-8-16(22-5)12-6-7-15(21-4)11(3)17(12)19-13;1-3-4-5-6-7-8-12-11-13(12)14(17)16-18-15(2)9-10-15;14-8-4-9(15)6-10(5-8)17-7-12(19)18-3-1-2-11(18)13(16)20/h6-10H,1-5H3;7-8,12-13H,3-6,9-11H2,1-2H3,(H,16,17);4-6,11,17H,1-3,7H2,(H2,16,20)/b;8-7-;/t;12-,13+;11-/m.10/s1. The smallest absolute Gasteiger partial charge is 0.242 e. The van der Waals surface area contributed by atoms with E-state index in [2.05, 4.69) is 55.3 Å². The van der Waals surface area contributed by atoms with Gasteiger partial charge in [0.05, 0.1) is 32.0 Å². The predicted octanol–water partition coefficient (Wildman–Crippen LogP) is 9.74. The van der Waals surface area contributed by atoms with Crippen molar-refractivity contribution in [1.29, 1.82) is 0 Å². The number of allylic oxidation sites excluding steroid dienone is 2. The number of carbonyl (C=O) groups is 3. The Hall–Kier alpha value is -4.76. The molecular formula is C46H60F2N6O5S2. The number of thiazole rings is 1. The van der Waals surface area contributed by atoms with E-state index in [0.717, 1.165) is 69.0 Å². The first-order chi connectivity index (χ1) is 29.2. The first kappa shape index (κ1) is 47.3. The molecule has 11 nitrogen and oxygen atoms in total. The summed E-state index contributed by atoms with van der Waals surface area (Å²) < 4.78 is 40.3. The molecular weight excluding hydrogens is 819 g/mol. The van der Waals surface area contributed by atoms with Crippen LogP contribution in [0.3, 0.4) is 0 Å². The van der Waals surface area contributed by atoms with Crippen LogP contribution in [0, 0.1) is 30.4 Å². The zero-order chi connectivity index (χ0) is 44.3. The number of halogens is 2. The van der Waals surface area contributed by atoms with Crippen LogP contribution in [0.4, 0.5) is 14.5 Å². The molecule has 4 aromatic rings. The number of fused-ring (bicyclic) bond motifs is 1. The lowest BCUT2D eigenvalue weighted by Gasteiger charge is -2.22. The fraction of sp³-hybridized carbons (Fsp3) is 0.500. The van der Waals surface area contributed by atoms with Gasteiger partial charge in [-0.1, -0.05) is 45.8 Å². The molecule has 1 saturated heterocycles. The number of carbonyl (C=O) groups excluding carboxylic acids is 3. The number of nitrogens with one attached hydrogen (secondary N) is 2. The molecule has 2 aromatic heterocycles. The molecule has 0 bridgehead atoms. The van der Waals surface area contributed by atoms with Gasteiger partial charge in [-0.3, -0.25) is 19.1 Å². The van der Waals surface area contributed by atoms with Crippen molar-refractivity contribution in [1.82, 2.24) is 19.6 Å². The maximum absolute atomic E-state index is 13.0. The molecule has 15 heteroatoms. The third kappa shape index (κ3) is 13.4. The van der Waals surface area contributed by atoms with Gasteiger partial charge in [-0.05, 0) is 107 Å². The number of likely N-dealkylation sites (tertiary alicyclic amines) is 1. The number of methoxy groups -OCH3 is 2. The van der Waals surface area contributed by atoms with E-state index in [0.29, 0.717) is 36.0 Å². The van der Waals surface area contributed by atoms with Crippen molar-refractivity contribution in [2.45, 2.75) is 109 Å². The number of nitrogens with two attached hydrogens (primary N) is 1. The summed E-state index contributed by atoms with van der Waals surface area (Å²) >= 11 is 3.25. The fourth-order valence-corrected chi connectivity index (χ4v) is 8.63. The maximum atomic E-state index is 13.0. The van der Waals surface area contributed by atoms with Crippen molar-refractivity contribution in [3.8, 4) is 22.2 Å². The maximum Gasteiger partial charge on any atom is 0.242 e. The molecule has 7 rings (SSSR count). The molecule has 3 atom stereocenters. The van der Waals surface area contributed by atoms with E-state index >= 15 is 0 Å². The molecule has 3 heterocycles. The summed E-state index contributed by atoms with van der Waals surface area (Å²) in [6.07, 6.45) is 14.4. The Bertz CT molecular complexity index is 2160. The summed E-state index contributed by atoms with van der Waals surface area (Å²) in [6.45, 7) is 11.1. The predicted molar refractivity (Wildman–Crippen MR) is 242 cm³/mol. The lowest BCUT2D eigenvalue weighted by atomic mass is 10.1. The van der Waals surface area contributed by atoms with Crippen molar-refractivity contribution in [2.75, 3.05) is 32.6 Å². The Morgan fingerprint density at radius 2 is 1.79 bits per heavy atom. The van der Waals surface area contributed by atoms with E-state index in [1.165, 1.54) is 43.4 Å². The van der Waals surface area contributed by atoms with Crippen LogP contribution in [-0.2, 0) is 14.4 Å². The molecule has 1 aliphatic heterocycles. The van der Waals surface area contributed by atoms with E-state index in [1.54, 1.807) is 37.5 Å². The third-order valence-corrected chi connectivity index (χ3v) is 13.1. The van der Waals surface area contributed by atoms with Crippen LogP contribution in [0.2, 0.25) is 0 Å². The molecule has 330 valence electrons. The average molecular weight is 879 g/mol. The number of pyridine rings is 1. The normalized spacial score (nSPS) is 18.5. The number of hydrogen-bond donors (Lipinski definition) is 3. The largest absolute Gasteiger partial charge is 0.496 e. The Labute approximate surface area is 366 Å². The average Bonchev–Trinajstić information content (AvgIpc) is 4.02. The summed E-state index contributed by atoms with van der Waals surface area (Å²) in [4.78, 5) is 45.9. The van der Waals surface area contributed by atoms with Crippen LogP contribution in [0.5, 0.6) is 11.5 Å². The van der Waals surface area contributed by atoms with Crippen molar-refractivity contribution in [3.05, 3.63) is 76.8 Å². The molecule has 0 unspecified atom stereocenters. The summed E-state index contributed by atoms with van der Waals surface area (Å²) in [5.74, 6) is 0.737. The molecule has 4 N–H and O–H groups in total. The number of aromatic nitrogens is 2. The van der Waals surface area contributed by atoms with Gasteiger partial charge in [0, 0.05) is 51.4 Å². The molecule has 2 aliphatic carbocycles. The lowest BCUT2D eigenvalue weighted by molar-refractivity contribution is -0.135. The summed E-state index contributed by atoms with van der Waals surface area (Å²) in [7, 11) is 3.35. The minimum Gasteiger partial charge on any atom is -0.496 e. The van der Waals surface area contributed by atoms with E-state index in [-0.39, 0.29) is 30.0 Å². The highest BCUT2D eigenvalue weighted by Crippen LogP contribution is 2.47. The van der Waals surface area contributed by atoms with Crippen LogP contribution in [0.1, 0.15) is 103 Å². The number of nitrogens with zero attached hydrogens (tertiary/aromatic N) is 3. The number of hydrogen-bond acceptors (Lipinski definition) is 10. The number of rotatable bonds is 16. The minimum atomic E-state index is -0.726. The molecule has 2 saturated carbocycles. The highest BCUT2D eigenvalue weighted by atomic mass is 32.2. The zero-order valence-corrected chi connectivity index (χ0v) is 37.9. The Balaban J connectivity index is 0.000000175. The van der Waals surface area contributed by atoms with Gasteiger partial charge in [-0.25, -0.2) is 18.7 Å². The first-order valence-electron chi connectivity index (χ1n) is 21.1. The number of aryl methyl sites for hydroxylation is 1. The highest BCUT2D eigenvalue weighted by Gasteiger charge is 2.44. The summed E-state index contributed by atoms with van der Waals surface area (Å²) in [5.41, 5.74) is 9.21. The lowest BCUT2D eigenvalue weighted by Crippen LogP contribution is -2.45. The molecule has 0 radical (unpaired) electrons. The van der Waals surface area contributed by atoms with Gasteiger partial charge in [0.1, 0.15) is 39.9 Å². The second kappa shape index (κ2) is 21.9. The van der Waals surface area contributed by atoms with Gasteiger partial charge < -0.3 is 25.4 Å². The number of benzene rings is 2. The zero-order valence-electron chi connectivity index (χ0n) is 36.3. The Kier molecular flexibility index (Phi) is 16.9. The van der Waals surface area contributed by atoms with Crippen molar-refractivity contribution in [3.63, 3.8) is 0 Å². The topological polar surface area (TPSA) is 149 Å². The molecule has 2 aromatic carbocycles. The van der Waals surface area contributed by atoms with Gasteiger partial charge in [0.2, 0.25) is 17.7 Å². The number of primary amides is 1. The second-order valence-electron chi connectivity index (χ2n) is 16.3. The van der Waals surface area contributed by atoms with E-state index in [9.17, 15) is 23.2 Å². The van der Waals surface area contributed by atoms with E-state index < -0.39 is 23.6 Å². The van der Waals surface area contributed by atoms with Crippen molar-refractivity contribution < 1.29 is 32.6 Å². The van der Waals surface area contributed by atoms with Gasteiger partial charge in [0.25, 0.3) is 0 Å². The number of ether oxygens (including phenoxy) is 2. The van der Waals surface area contributed by atoms with Gasteiger partial charge >= 0.3 is 0 Å². The Morgan fingerprint density at radius 1 is 1.07 bits per heavy atom. The minimum absolute atomic E-state index is 0.146. The van der Waals surface area contributed by atoms with Gasteiger partial charge in [-0.15, -0.1) is 11.3 Å². The highest BCUT2D eigenvalue weighted by molar-refractivity contribution is 7.99. The monoisotopic (exact) mass is 878 g/mol. The number of amides is 3. The van der Waals surface area contributed by atoms with E-state index in [4.69, 9.17) is 25.2 Å². The van der Waals surface area contributed by atoms with Crippen LogP contribution >= 0.6 is 23.3 Å². The van der Waals surface area contributed by atoms with Crippen molar-refractivity contribution >= 4 is 57.6 Å². The first-order valence-corrected chi connectivity index (χ1v) is 22.8. The molecule has 3 aliphatic rings. The summed E-state index contributed by atoms with van der Waals surface area (Å²) in [5, 5.41) is 6.63. The molecule has 3 fully saturated rings.